The number of piperazine rings is 1. The van der Waals surface area contributed by atoms with Gasteiger partial charge in [0.25, 0.3) is 0 Å². The largest absolute Gasteiger partial charge is 0.478 e. The molecule has 2 aromatic carbocycles. The Labute approximate surface area is 176 Å². The molecule has 154 valence electrons. The molecule has 1 heterocycles. The molecular formula is C22H26ClN3O3. The Hall–Kier alpha value is -2.57. The zero-order valence-electron chi connectivity index (χ0n) is 16.7. The number of benzene rings is 2. The lowest BCUT2D eigenvalue weighted by atomic mass is 10.1. The van der Waals surface area contributed by atoms with Crippen molar-refractivity contribution in [1.82, 2.24) is 4.90 Å². The lowest BCUT2D eigenvalue weighted by Crippen LogP contribution is -2.51. The van der Waals surface area contributed by atoms with Crippen molar-refractivity contribution < 1.29 is 14.7 Å². The predicted molar refractivity (Wildman–Crippen MR) is 116 cm³/mol. The molecule has 0 spiro atoms. The Morgan fingerprint density at radius 1 is 1.00 bits per heavy atom. The molecule has 1 aliphatic heterocycles. The van der Waals surface area contributed by atoms with Gasteiger partial charge in [-0.2, -0.15) is 0 Å². The third-order valence-electron chi connectivity index (χ3n) is 5.10. The first kappa shape index (κ1) is 21.1. The van der Waals surface area contributed by atoms with Crippen LogP contribution in [-0.4, -0.2) is 60.6 Å². The molecule has 1 aliphatic rings. The first-order chi connectivity index (χ1) is 13.8. The van der Waals surface area contributed by atoms with Gasteiger partial charge in [0.1, 0.15) is 0 Å². The van der Waals surface area contributed by atoms with E-state index in [0.29, 0.717) is 11.6 Å². The van der Waals surface area contributed by atoms with E-state index in [0.717, 1.165) is 37.6 Å². The van der Waals surface area contributed by atoms with E-state index >= 15 is 0 Å². The molecule has 0 bridgehead atoms. The van der Waals surface area contributed by atoms with Crippen LogP contribution in [0.5, 0.6) is 0 Å². The average molecular weight is 416 g/mol. The third kappa shape index (κ3) is 5.28. The minimum atomic E-state index is -0.921. The molecule has 2 aromatic rings. The van der Waals surface area contributed by atoms with E-state index in [2.05, 4.69) is 9.80 Å². The molecule has 0 aromatic heterocycles. The molecule has 6 nitrogen and oxygen atoms in total. The third-order valence-corrected chi connectivity index (χ3v) is 5.35. The van der Waals surface area contributed by atoms with Crippen molar-refractivity contribution >= 4 is 34.9 Å². The predicted octanol–water partition coefficient (Wildman–Crippen LogP) is 3.60. The minimum Gasteiger partial charge on any atom is -0.478 e. The minimum absolute atomic E-state index is 0.0534. The average Bonchev–Trinajstić information content (AvgIpc) is 2.70. The summed E-state index contributed by atoms with van der Waals surface area (Å²) in [6.45, 7) is 7.52. The lowest BCUT2D eigenvalue weighted by molar-refractivity contribution is -0.120. The number of aromatic carboxylic acids is 1. The summed E-state index contributed by atoms with van der Waals surface area (Å²) in [5.41, 5.74) is 2.14. The van der Waals surface area contributed by atoms with E-state index < -0.39 is 5.97 Å². The number of carbonyl (C=O) groups excluding carboxylic acids is 1. The zero-order valence-corrected chi connectivity index (χ0v) is 17.5. The van der Waals surface area contributed by atoms with Gasteiger partial charge in [-0.15, -0.1) is 0 Å². The number of rotatable bonds is 6. The van der Waals surface area contributed by atoms with Crippen molar-refractivity contribution in [3.8, 4) is 0 Å². The number of carboxylic acids is 1. The fourth-order valence-electron chi connectivity index (χ4n) is 3.58. The molecule has 29 heavy (non-hydrogen) atoms. The lowest BCUT2D eigenvalue weighted by Gasteiger charge is -2.37. The van der Waals surface area contributed by atoms with Gasteiger partial charge >= 0.3 is 5.97 Å². The van der Waals surface area contributed by atoms with Crippen LogP contribution in [0.3, 0.4) is 0 Å². The maximum Gasteiger partial charge on any atom is 0.335 e. The zero-order chi connectivity index (χ0) is 21.0. The molecule has 0 saturated carbocycles. The normalized spacial score (nSPS) is 14.8. The van der Waals surface area contributed by atoms with Gasteiger partial charge in [-0.25, -0.2) is 4.79 Å². The van der Waals surface area contributed by atoms with Crippen molar-refractivity contribution in [2.45, 2.75) is 19.9 Å². The number of anilines is 2. The molecule has 3 rings (SSSR count). The maximum atomic E-state index is 13.0. The van der Waals surface area contributed by atoms with Gasteiger partial charge in [0.2, 0.25) is 5.91 Å². The summed E-state index contributed by atoms with van der Waals surface area (Å²) in [6, 6.07) is 14.3. The van der Waals surface area contributed by atoms with Gasteiger partial charge in [0, 0.05) is 48.6 Å². The van der Waals surface area contributed by atoms with Crippen LogP contribution >= 0.6 is 11.6 Å². The number of carboxylic acid groups (broad SMARTS) is 1. The highest BCUT2D eigenvalue weighted by atomic mass is 35.5. The van der Waals surface area contributed by atoms with Crippen LogP contribution in [0.4, 0.5) is 11.4 Å². The summed E-state index contributed by atoms with van der Waals surface area (Å²) in [7, 11) is 0. The molecular weight excluding hydrogens is 390 g/mol. The van der Waals surface area contributed by atoms with E-state index in [9.17, 15) is 9.59 Å². The highest BCUT2D eigenvalue weighted by molar-refractivity contribution is 6.30. The molecule has 1 amide bonds. The van der Waals surface area contributed by atoms with Gasteiger partial charge < -0.3 is 14.9 Å². The smallest absolute Gasteiger partial charge is 0.335 e. The number of nitrogens with zero attached hydrogens (tertiary/aromatic N) is 3. The number of hydrogen-bond donors (Lipinski definition) is 1. The first-order valence-electron chi connectivity index (χ1n) is 9.73. The van der Waals surface area contributed by atoms with Gasteiger partial charge in [-0.1, -0.05) is 11.6 Å². The first-order valence-corrected chi connectivity index (χ1v) is 10.1. The summed E-state index contributed by atoms with van der Waals surface area (Å²) >= 11 is 5.97. The van der Waals surface area contributed by atoms with Crippen LogP contribution in [0.15, 0.2) is 48.5 Å². The van der Waals surface area contributed by atoms with Crippen LogP contribution in [-0.2, 0) is 4.79 Å². The second-order valence-corrected chi connectivity index (χ2v) is 7.89. The SMILES string of the molecule is CC(C)N(C(=O)CN1CCN(c2ccc(C(=O)O)cc2)CC1)c1ccc(Cl)cc1. The van der Waals surface area contributed by atoms with E-state index in [4.69, 9.17) is 16.7 Å². The fourth-order valence-corrected chi connectivity index (χ4v) is 3.70. The van der Waals surface area contributed by atoms with Crippen molar-refractivity contribution in [3.63, 3.8) is 0 Å². The topological polar surface area (TPSA) is 64.1 Å². The molecule has 1 N–H and O–H groups in total. The van der Waals surface area contributed by atoms with Crippen molar-refractivity contribution in [3.05, 3.63) is 59.1 Å². The monoisotopic (exact) mass is 415 g/mol. The second-order valence-electron chi connectivity index (χ2n) is 7.45. The van der Waals surface area contributed by atoms with E-state index in [1.54, 1.807) is 24.3 Å². The van der Waals surface area contributed by atoms with E-state index in [-0.39, 0.29) is 17.5 Å². The maximum absolute atomic E-state index is 13.0. The Bertz CT molecular complexity index is 845. The fraction of sp³-hybridized carbons (Fsp3) is 0.364. The Morgan fingerprint density at radius 2 is 1.59 bits per heavy atom. The number of carbonyl (C=O) groups is 2. The van der Waals surface area contributed by atoms with Crippen LogP contribution in [0.2, 0.25) is 5.02 Å². The van der Waals surface area contributed by atoms with Crippen molar-refractivity contribution in [1.29, 1.82) is 0 Å². The molecule has 0 atom stereocenters. The van der Waals surface area contributed by atoms with E-state index in [1.165, 1.54) is 0 Å². The highest BCUT2D eigenvalue weighted by Crippen LogP contribution is 2.21. The number of halogens is 1. The highest BCUT2D eigenvalue weighted by Gasteiger charge is 2.24. The molecule has 0 aliphatic carbocycles. The summed E-state index contributed by atoms with van der Waals surface area (Å²) in [5.74, 6) is -0.850. The molecule has 1 fully saturated rings. The van der Waals surface area contributed by atoms with Crippen LogP contribution in [0.1, 0.15) is 24.2 Å². The van der Waals surface area contributed by atoms with Gasteiger partial charge in [-0.3, -0.25) is 9.69 Å². The summed E-state index contributed by atoms with van der Waals surface area (Å²) in [4.78, 5) is 30.2. The summed E-state index contributed by atoms with van der Waals surface area (Å²) in [5, 5.41) is 9.67. The van der Waals surface area contributed by atoms with Crippen LogP contribution < -0.4 is 9.80 Å². The standard InChI is InChI=1S/C22H26ClN3O3/c1-16(2)26(20-9-5-18(23)6-10-20)21(27)15-24-11-13-25(14-12-24)19-7-3-17(4-8-19)22(28)29/h3-10,16H,11-15H2,1-2H3,(H,28,29). The Balaban J connectivity index is 1.58. The van der Waals surface area contributed by atoms with Gasteiger partial charge in [0.05, 0.1) is 12.1 Å². The molecule has 0 unspecified atom stereocenters. The number of hydrogen-bond acceptors (Lipinski definition) is 4. The van der Waals surface area contributed by atoms with Crippen LogP contribution in [0.25, 0.3) is 0 Å². The Kier molecular flexibility index (Phi) is 6.77. The van der Waals surface area contributed by atoms with Crippen molar-refractivity contribution in [2.75, 3.05) is 42.5 Å². The summed E-state index contributed by atoms with van der Waals surface area (Å²) in [6.07, 6.45) is 0. The van der Waals surface area contributed by atoms with Crippen molar-refractivity contribution in [2.24, 2.45) is 0 Å². The van der Waals surface area contributed by atoms with Crippen LogP contribution in [0, 0.1) is 0 Å². The number of amides is 1. The summed E-state index contributed by atoms with van der Waals surface area (Å²) < 4.78 is 0. The van der Waals surface area contributed by atoms with Gasteiger partial charge in [0.15, 0.2) is 0 Å². The molecule has 7 heteroatoms. The molecule has 0 radical (unpaired) electrons. The van der Waals surface area contributed by atoms with Gasteiger partial charge in [-0.05, 0) is 62.4 Å². The quantitative estimate of drug-likeness (QED) is 0.780. The van der Waals surface area contributed by atoms with E-state index in [1.807, 2.05) is 43.0 Å². The Morgan fingerprint density at radius 3 is 2.10 bits per heavy atom. The molecule has 1 saturated heterocycles. The second kappa shape index (κ2) is 9.29.